The lowest BCUT2D eigenvalue weighted by Gasteiger charge is -2.37. The number of pyridine rings is 1. The molecule has 5 nitrogen and oxygen atoms in total. The highest BCUT2D eigenvalue weighted by Gasteiger charge is 2.30. The molecule has 0 radical (unpaired) electrons. The maximum absolute atomic E-state index is 10.9. The summed E-state index contributed by atoms with van der Waals surface area (Å²) >= 11 is 0. The van der Waals surface area contributed by atoms with Crippen LogP contribution in [0.1, 0.15) is 12.5 Å². The van der Waals surface area contributed by atoms with E-state index in [4.69, 9.17) is 10.00 Å². The van der Waals surface area contributed by atoms with Gasteiger partial charge in [0.05, 0.1) is 24.7 Å². The average molecular weight is 217 g/mol. The topological polar surface area (TPSA) is 66.2 Å². The van der Waals surface area contributed by atoms with Gasteiger partial charge in [0.1, 0.15) is 6.10 Å². The van der Waals surface area contributed by atoms with E-state index in [9.17, 15) is 4.79 Å². The summed E-state index contributed by atoms with van der Waals surface area (Å²) in [7, 11) is 0. The molecule has 2 rings (SSSR count). The van der Waals surface area contributed by atoms with Crippen molar-refractivity contribution in [3.8, 4) is 11.9 Å². The minimum atomic E-state index is -0.00894. The number of likely N-dealkylation sites (tertiary alicyclic amines) is 1. The summed E-state index contributed by atoms with van der Waals surface area (Å²) in [5.41, 5.74) is 0.521. The van der Waals surface area contributed by atoms with Crippen LogP contribution in [0.5, 0.6) is 5.88 Å². The zero-order valence-corrected chi connectivity index (χ0v) is 8.88. The Morgan fingerprint density at radius 2 is 2.44 bits per heavy atom. The van der Waals surface area contributed by atoms with Crippen molar-refractivity contribution in [1.82, 2.24) is 9.88 Å². The lowest BCUT2D eigenvalue weighted by Crippen LogP contribution is -2.55. The Labute approximate surface area is 93.3 Å². The van der Waals surface area contributed by atoms with Gasteiger partial charge in [-0.1, -0.05) is 0 Å². The molecule has 0 saturated carbocycles. The first-order chi connectivity index (χ1) is 7.69. The van der Waals surface area contributed by atoms with Gasteiger partial charge in [0.25, 0.3) is 0 Å². The van der Waals surface area contributed by atoms with Crippen LogP contribution in [0.15, 0.2) is 18.3 Å². The Bertz CT molecular complexity index is 447. The number of ether oxygens (including phenoxy) is 1. The number of carbonyl (C=O) groups excluding carboxylic acids is 1. The Hall–Kier alpha value is -2.09. The molecule has 0 N–H and O–H groups in total. The first-order valence-electron chi connectivity index (χ1n) is 4.97. The average Bonchev–Trinajstić information content (AvgIpc) is 2.22. The van der Waals surface area contributed by atoms with Crippen LogP contribution in [-0.2, 0) is 4.79 Å². The number of carbonyl (C=O) groups is 1. The highest BCUT2D eigenvalue weighted by molar-refractivity contribution is 5.74. The zero-order chi connectivity index (χ0) is 11.5. The second-order valence-electron chi connectivity index (χ2n) is 3.66. The maximum Gasteiger partial charge on any atom is 0.219 e. The molecule has 0 aromatic carbocycles. The number of nitrogens with zero attached hydrogens (tertiary/aromatic N) is 3. The fraction of sp³-hybridized carbons (Fsp3) is 0.364. The van der Waals surface area contributed by atoms with Gasteiger partial charge in [0.15, 0.2) is 0 Å². The first kappa shape index (κ1) is 10.4. The molecule has 0 unspecified atom stereocenters. The summed E-state index contributed by atoms with van der Waals surface area (Å²) in [5, 5.41) is 8.70. The van der Waals surface area contributed by atoms with Crippen molar-refractivity contribution in [2.45, 2.75) is 13.0 Å². The minimum Gasteiger partial charge on any atom is -0.471 e. The van der Waals surface area contributed by atoms with Crippen molar-refractivity contribution >= 4 is 5.91 Å². The molecule has 1 amide bonds. The van der Waals surface area contributed by atoms with Gasteiger partial charge in [-0.05, 0) is 6.07 Å². The molecule has 0 spiro atoms. The van der Waals surface area contributed by atoms with Gasteiger partial charge in [0.2, 0.25) is 11.8 Å². The molecule has 5 heteroatoms. The van der Waals surface area contributed by atoms with E-state index in [1.165, 1.54) is 13.1 Å². The Kier molecular flexibility index (Phi) is 2.73. The second kappa shape index (κ2) is 4.19. The van der Waals surface area contributed by atoms with Gasteiger partial charge >= 0.3 is 0 Å². The zero-order valence-electron chi connectivity index (χ0n) is 8.88. The molecule has 82 valence electrons. The standard InChI is InChI=1S/C11H11N3O2/c1-8(15)14-6-10(7-14)16-11-4-9(5-12)2-3-13-11/h2-4,10H,6-7H2,1H3. The SMILES string of the molecule is CC(=O)N1CC(Oc2cc(C#N)ccn2)C1. The summed E-state index contributed by atoms with van der Waals surface area (Å²) < 4.78 is 5.52. The summed E-state index contributed by atoms with van der Waals surface area (Å²) in [4.78, 5) is 16.6. The largest absolute Gasteiger partial charge is 0.471 e. The molecule has 1 aromatic heterocycles. The van der Waals surface area contributed by atoms with Gasteiger partial charge in [-0.2, -0.15) is 5.26 Å². The summed E-state index contributed by atoms with van der Waals surface area (Å²) in [5.74, 6) is 0.492. The van der Waals surface area contributed by atoms with Crippen molar-refractivity contribution in [2.75, 3.05) is 13.1 Å². The van der Waals surface area contributed by atoms with Crippen LogP contribution in [0.4, 0.5) is 0 Å². The molecule has 1 aliphatic rings. The molecule has 1 aromatic rings. The van der Waals surface area contributed by atoms with Crippen molar-refractivity contribution < 1.29 is 9.53 Å². The predicted octanol–water partition coefficient (Wildman–Crippen LogP) is 0.563. The fourth-order valence-electron chi connectivity index (χ4n) is 1.48. The van der Waals surface area contributed by atoms with Crippen LogP contribution in [0.3, 0.4) is 0 Å². The van der Waals surface area contributed by atoms with Crippen LogP contribution >= 0.6 is 0 Å². The Morgan fingerprint density at radius 3 is 3.06 bits per heavy atom. The lowest BCUT2D eigenvalue weighted by molar-refractivity contribution is -0.137. The van der Waals surface area contributed by atoms with Gasteiger partial charge in [-0.15, -0.1) is 0 Å². The monoisotopic (exact) mass is 217 g/mol. The van der Waals surface area contributed by atoms with E-state index in [1.807, 2.05) is 6.07 Å². The quantitative estimate of drug-likeness (QED) is 0.726. The highest BCUT2D eigenvalue weighted by atomic mass is 16.5. The van der Waals surface area contributed by atoms with Gasteiger partial charge in [0, 0.05) is 19.2 Å². The minimum absolute atomic E-state index is 0.00894. The second-order valence-corrected chi connectivity index (χ2v) is 3.66. The van der Waals surface area contributed by atoms with Crippen LogP contribution in [0, 0.1) is 11.3 Å². The normalized spacial score (nSPS) is 15.1. The van der Waals surface area contributed by atoms with E-state index in [-0.39, 0.29) is 12.0 Å². The van der Waals surface area contributed by atoms with Crippen molar-refractivity contribution in [2.24, 2.45) is 0 Å². The van der Waals surface area contributed by atoms with E-state index in [1.54, 1.807) is 17.0 Å². The summed E-state index contributed by atoms with van der Waals surface area (Å²) in [6.07, 6.45) is 1.53. The number of rotatable bonds is 2. The highest BCUT2D eigenvalue weighted by Crippen LogP contribution is 2.16. The molecular weight excluding hydrogens is 206 g/mol. The molecular formula is C11H11N3O2. The van der Waals surface area contributed by atoms with E-state index in [0.717, 1.165) is 0 Å². The molecule has 16 heavy (non-hydrogen) atoms. The third-order valence-corrected chi connectivity index (χ3v) is 2.44. The molecule has 1 saturated heterocycles. The number of hydrogen-bond donors (Lipinski definition) is 0. The van der Waals surface area contributed by atoms with Gasteiger partial charge in [-0.3, -0.25) is 4.79 Å². The smallest absolute Gasteiger partial charge is 0.219 e. The third kappa shape index (κ3) is 2.11. The van der Waals surface area contributed by atoms with E-state index >= 15 is 0 Å². The Morgan fingerprint density at radius 1 is 1.69 bits per heavy atom. The molecule has 0 aliphatic carbocycles. The maximum atomic E-state index is 10.9. The van der Waals surface area contributed by atoms with E-state index in [0.29, 0.717) is 24.5 Å². The van der Waals surface area contributed by atoms with E-state index < -0.39 is 0 Å². The Balaban J connectivity index is 1.92. The van der Waals surface area contributed by atoms with Crippen molar-refractivity contribution in [3.63, 3.8) is 0 Å². The number of nitriles is 1. The number of amides is 1. The molecule has 1 fully saturated rings. The van der Waals surface area contributed by atoms with Crippen LogP contribution in [0.2, 0.25) is 0 Å². The van der Waals surface area contributed by atoms with Gasteiger partial charge in [-0.25, -0.2) is 4.98 Å². The lowest BCUT2D eigenvalue weighted by atomic mass is 10.1. The molecule has 0 bridgehead atoms. The van der Waals surface area contributed by atoms with Crippen LogP contribution in [0.25, 0.3) is 0 Å². The summed E-state index contributed by atoms with van der Waals surface area (Å²) in [6, 6.07) is 5.23. The summed E-state index contributed by atoms with van der Waals surface area (Å²) in [6.45, 7) is 2.71. The third-order valence-electron chi connectivity index (χ3n) is 2.44. The van der Waals surface area contributed by atoms with Crippen LogP contribution in [-0.4, -0.2) is 35.0 Å². The van der Waals surface area contributed by atoms with E-state index in [2.05, 4.69) is 4.98 Å². The first-order valence-corrected chi connectivity index (χ1v) is 4.97. The molecule has 0 atom stereocenters. The predicted molar refractivity (Wildman–Crippen MR) is 55.6 cm³/mol. The van der Waals surface area contributed by atoms with Crippen molar-refractivity contribution in [3.05, 3.63) is 23.9 Å². The number of aromatic nitrogens is 1. The van der Waals surface area contributed by atoms with Crippen LogP contribution < -0.4 is 4.74 Å². The molecule has 2 heterocycles. The van der Waals surface area contributed by atoms with Gasteiger partial charge < -0.3 is 9.64 Å². The molecule has 1 aliphatic heterocycles. The van der Waals surface area contributed by atoms with Crippen molar-refractivity contribution in [1.29, 1.82) is 5.26 Å². The fourth-order valence-corrected chi connectivity index (χ4v) is 1.48. The number of hydrogen-bond acceptors (Lipinski definition) is 4.